The van der Waals surface area contributed by atoms with Crippen molar-refractivity contribution in [2.45, 2.75) is 18.9 Å². The average Bonchev–Trinajstić information content (AvgIpc) is 2.33. The van der Waals surface area contributed by atoms with Crippen molar-refractivity contribution in [3.63, 3.8) is 0 Å². The summed E-state index contributed by atoms with van der Waals surface area (Å²) in [6.45, 7) is 1.70. The van der Waals surface area contributed by atoms with Crippen LogP contribution in [0.4, 0.5) is 13.2 Å². The summed E-state index contributed by atoms with van der Waals surface area (Å²) < 4.78 is 40.7. The minimum atomic E-state index is -4.88. The lowest BCUT2D eigenvalue weighted by atomic mass is 10.1. The molecule has 0 aliphatic heterocycles. The van der Waals surface area contributed by atoms with E-state index in [-0.39, 0.29) is 18.7 Å². The zero-order valence-corrected chi connectivity index (χ0v) is 12.6. The van der Waals surface area contributed by atoms with E-state index < -0.39 is 23.6 Å². The number of benzene rings is 1. The van der Waals surface area contributed by atoms with Crippen molar-refractivity contribution in [2.24, 2.45) is 0 Å². The van der Waals surface area contributed by atoms with Gasteiger partial charge in [-0.05, 0) is 33.2 Å². The molecule has 0 bridgehead atoms. The highest BCUT2D eigenvalue weighted by atomic mass is 19.4. The third-order valence-electron chi connectivity index (χ3n) is 2.64. The number of hydrogen-bond donors (Lipinski definition) is 2. The molecule has 1 aromatic rings. The van der Waals surface area contributed by atoms with Gasteiger partial charge in [0.05, 0.1) is 11.2 Å². The van der Waals surface area contributed by atoms with Gasteiger partial charge in [0.15, 0.2) is 0 Å². The number of nitrogens with zero attached hydrogens (tertiary/aromatic N) is 1. The number of para-hydroxylation sites is 1. The molecule has 1 rings (SSSR count). The van der Waals surface area contributed by atoms with Crippen LogP contribution in [0.5, 0.6) is 5.75 Å². The number of hydrogen-bond acceptors (Lipinski definition) is 4. The first kappa shape index (κ1) is 18.2. The lowest BCUT2D eigenvalue weighted by Gasteiger charge is -2.27. The number of rotatable bonds is 6. The Morgan fingerprint density at radius 3 is 2.45 bits per heavy atom. The molecule has 1 amide bonds. The van der Waals surface area contributed by atoms with Crippen LogP contribution < -0.4 is 10.1 Å². The first-order valence-electron chi connectivity index (χ1n) is 6.50. The summed E-state index contributed by atoms with van der Waals surface area (Å²) in [5.41, 5.74) is -1.46. The maximum absolute atomic E-state index is 12.3. The SMILES string of the molecule is CN(C)CC(C)(O)CNC(=O)c1ccccc1OC(F)(F)F. The van der Waals surface area contributed by atoms with Crippen LogP contribution in [0.1, 0.15) is 17.3 Å². The smallest absolute Gasteiger partial charge is 0.405 e. The van der Waals surface area contributed by atoms with E-state index >= 15 is 0 Å². The van der Waals surface area contributed by atoms with E-state index in [1.54, 1.807) is 19.0 Å². The van der Waals surface area contributed by atoms with Crippen molar-refractivity contribution in [3.8, 4) is 5.75 Å². The summed E-state index contributed by atoms with van der Waals surface area (Å²) in [5.74, 6) is -1.33. The largest absolute Gasteiger partial charge is 0.573 e. The average molecular weight is 320 g/mol. The van der Waals surface area contributed by atoms with E-state index in [9.17, 15) is 23.1 Å². The fourth-order valence-corrected chi connectivity index (χ4v) is 1.97. The fourth-order valence-electron chi connectivity index (χ4n) is 1.97. The summed E-state index contributed by atoms with van der Waals surface area (Å²) in [5, 5.41) is 12.5. The van der Waals surface area contributed by atoms with Crippen molar-refractivity contribution in [3.05, 3.63) is 29.8 Å². The molecule has 22 heavy (non-hydrogen) atoms. The van der Waals surface area contributed by atoms with Crippen LogP contribution >= 0.6 is 0 Å². The molecule has 0 saturated carbocycles. The Bertz CT molecular complexity index is 516. The fraction of sp³-hybridized carbons (Fsp3) is 0.500. The van der Waals surface area contributed by atoms with Crippen LogP contribution in [-0.2, 0) is 0 Å². The van der Waals surface area contributed by atoms with Crippen molar-refractivity contribution < 1.29 is 27.8 Å². The second kappa shape index (κ2) is 6.97. The number of amides is 1. The zero-order chi connectivity index (χ0) is 17.0. The van der Waals surface area contributed by atoms with Crippen LogP contribution in [0.25, 0.3) is 0 Å². The molecule has 0 heterocycles. The Labute approximate surface area is 126 Å². The molecule has 124 valence electrons. The van der Waals surface area contributed by atoms with E-state index in [0.717, 1.165) is 6.07 Å². The maximum Gasteiger partial charge on any atom is 0.573 e. The van der Waals surface area contributed by atoms with Gasteiger partial charge in [-0.3, -0.25) is 4.79 Å². The Morgan fingerprint density at radius 2 is 1.91 bits per heavy atom. The summed E-state index contributed by atoms with van der Waals surface area (Å²) in [4.78, 5) is 13.7. The maximum atomic E-state index is 12.3. The van der Waals surface area contributed by atoms with Crippen LogP contribution in [0.3, 0.4) is 0 Å². The Morgan fingerprint density at radius 1 is 1.32 bits per heavy atom. The molecule has 0 saturated heterocycles. The molecule has 0 fully saturated rings. The molecule has 1 atom stereocenters. The van der Waals surface area contributed by atoms with Gasteiger partial charge in [0.25, 0.3) is 5.91 Å². The van der Waals surface area contributed by atoms with Crippen LogP contribution in [0.15, 0.2) is 24.3 Å². The molecular formula is C14H19F3N2O3. The standard InChI is InChI=1S/C14H19F3N2O3/c1-13(21,9-19(2)3)8-18-12(20)10-6-4-5-7-11(10)22-14(15,16)17/h4-7,21H,8-9H2,1-3H3,(H,18,20). The Hall–Kier alpha value is -1.80. The molecule has 1 unspecified atom stereocenters. The predicted molar refractivity (Wildman–Crippen MR) is 74.6 cm³/mol. The number of alkyl halides is 3. The second-order valence-electron chi connectivity index (χ2n) is 5.46. The zero-order valence-electron chi connectivity index (χ0n) is 12.6. The van der Waals surface area contributed by atoms with Gasteiger partial charge in [-0.1, -0.05) is 12.1 Å². The molecule has 8 heteroatoms. The van der Waals surface area contributed by atoms with Gasteiger partial charge < -0.3 is 20.1 Å². The van der Waals surface area contributed by atoms with Crippen molar-refractivity contribution in [1.82, 2.24) is 10.2 Å². The van der Waals surface area contributed by atoms with Gasteiger partial charge in [0.2, 0.25) is 0 Å². The van der Waals surface area contributed by atoms with E-state index in [2.05, 4.69) is 10.1 Å². The van der Waals surface area contributed by atoms with Gasteiger partial charge in [-0.2, -0.15) is 0 Å². The van der Waals surface area contributed by atoms with E-state index in [1.807, 2.05) is 0 Å². The number of nitrogens with one attached hydrogen (secondary N) is 1. The van der Waals surface area contributed by atoms with Gasteiger partial charge in [-0.15, -0.1) is 13.2 Å². The predicted octanol–water partition coefficient (Wildman–Crippen LogP) is 1.63. The number of ether oxygens (including phenoxy) is 1. The molecule has 0 aromatic heterocycles. The summed E-state index contributed by atoms with van der Waals surface area (Å²) in [6, 6.07) is 5.04. The summed E-state index contributed by atoms with van der Waals surface area (Å²) in [7, 11) is 3.51. The molecule has 0 spiro atoms. The van der Waals surface area contributed by atoms with Gasteiger partial charge in [-0.25, -0.2) is 0 Å². The normalized spacial score (nSPS) is 14.5. The molecule has 0 aliphatic carbocycles. The lowest BCUT2D eigenvalue weighted by molar-refractivity contribution is -0.274. The lowest BCUT2D eigenvalue weighted by Crippen LogP contribution is -2.47. The van der Waals surface area contributed by atoms with Gasteiger partial charge in [0.1, 0.15) is 5.75 Å². The van der Waals surface area contributed by atoms with Crippen molar-refractivity contribution in [2.75, 3.05) is 27.2 Å². The monoisotopic (exact) mass is 320 g/mol. The topological polar surface area (TPSA) is 61.8 Å². The van der Waals surface area contributed by atoms with Crippen LogP contribution in [-0.4, -0.2) is 55.1 Å². The van der Waals surface area contributed by atoms with Crippen molar-refractivity contribution in [1.29, 1.82) is 0 Å². The molecule has 2 N–H and O–H groups in total. The summed E-state index contributed by atoms with van der Waals surface area (Å²) in [6.07, 6.45) is -4.88. The molecule has 1 aromatic carbocycles. The first-order valence-corrected chi connectivity index (χ1v) is 6.50. The first-order chi connectivity index (χ1) is 10.0. The van der Waals surface area contributed by atoms with Crippen LogP contribution in [0.2, 0.25) is 0 Å². The van der Waals surface area contributed by atoms with Gasteiger partial charge in [0, 0.05) is 13.1 Å². The molecular weight excluding hydrogens is 301 g/mol. The van der Waals surface area contributed by atoms with Gasteiger partial charge >= 0.3 is 6.36 Å². The second-order valence-corrected chi connectivity index (χ2v) is 5.46. The highest BCUT2D eigenvalue weighted by Crippen LogP contribution is 2.26. The van der Waals surface area contributed by atoms with E-state index in [1.165, 1.54) is 25.1 Å². The summed E-state index contributed by atoms with van der Waals surface area (Å²) >= 11 is 0. The molecule has 5 nitrogen and oxygen atoms in total. The van der Waals surface area contributed by atoms with E-state index in [0.29, 0.717) is 0 Å². The highest BCUT2D eigenvalue weighted by molar-refractivity contribution is 5.96. The third kappa shape index (κ3) is 6.31. The highest BCUT2D eigenvalue weighted by Gasteiger charge is 2.33. The Balaban J connectivity index is 2.78. The third-order valence-corrected chi connectivity index (χ3v) is 2.64. The van der Waals surface area contributed by atoms with Crippen molar-refractivity contribution >= 4 is 5.91 Å². The number of carbonyl (C=O) groups excluding carboxylic acids is 1. The van der Waals surface area contributed by atoms with E-state index in [4.69, 9.17) is 0 Å². The quantitative estimate of drug-likeness (QED) is 0.836. The molecule has 0 aliphatic rings. The molecule has 0 radical (unpaired) electrons. The number of halogens is 3. The number of aliphatic hydroxyl groups is 1. The number of carbonyl (C=O) groups is 1. The minimum absolute atomic E-state index is 0.107. The van der Waals surface area contributed by atoms with Crippen LogP contribution in [0, 0.1) is 0 Å². The Kier molecular flexibility index (Phi) is 5.78. The minimum Gasteiger partial charge on any atom is -0.405 e. The number of likely N-dealkylation sites (N-methyl/N-ethyl adjacent to an activating group) is 1.